The number of carboxylic acids is 1. The van der Waals surface area contributed by atoms with Crippen molar-refractivity contribution in [1.29, 1.82) is 0 Å². The van der Waals surface area contributed by atoms with Crippen LogP contribution >= 0.6 is 0 Å². The van der Waals surface area contributed by atoms with Gasteiger partial charge < -0.3 is 19.3 Å². The SMILES string of the molecule is COc1ccc(/C=C/C(=O)O)cc1OCC1CCCCO1. The molecule has 1 fully saturated rings. The molecular weight excluding hydrogens is 272 g/mol. The molecule has 0 bridgehead atoms. The van der Waals surface area contributed by atoms with Crippen LogP contribution in [0.3, 0.4) is 0 Å². The summed E-state index contributed by atoms with van der Waals surface area (Å²) in [6, 6.07) is 5.31. The lowest BCUT2D eigenvalue weighted by Crippen LogP contribution is -2.25. The predicted molar refractivity (Wildman–Crippen MR) is 78.7 cm³/mol. The van der Waals surface area contributed by atoms with Crippen LogP contribution in [-0.2, 0) is 9.53 Å². The van der Waals surface area contributed by atoms with Gasteiger partial charge in [-0.15, -0.1) is 0 Å². The second-order valence-corrected chi connectivity index (χ2v) is 4.88. The molecule has 5 heteroatoms. The molecule has 0 radical (unpaired) electrons. The number of methoxy groups -OCH3 is 1. The highest BCUT2D eigenvalue weighted by Gasteiger charge is 2.15. The zero-order valence-electron chi connectivity index (χ0n) is 12.1. The van der Waals surface area contributed by atoms with Crippen molar-refractivity contribution in [3.63, 3.8) is 0 Å². The molecule has 1 N–H and O–H groups in total. The van der Waals surface area contributed by atoms with Gasteiger partial charge in [-0.25, -0.2) is 4.79 Å². The third-order valence-electron chi connectivity index (χ3n) is 3.30. The van der Waals surface area contributed by atoms with Gasteiger partial charge in [0, 0.05) is 12.7 Å². The highest BCUT2D eigenvalue weighted by Crippen LogP contribution is 2.29. The molecule has 1 saturated heterocycles. The standard InChI is InChI=1S/C16H20O5/c1-19-14-7-5-12(6-8-16(17)18)10-15(14)21-11-13-4-2-3-9-20-13/h5-8,10,13H,2-4,9,11H2,1H3,(H,17,18)/b8-6+. The zero-order chi connectivity index (χ0) is 15.1. The molecule has 1 heterocycles. The second kappa shape index (κ2) is 7.69. The highest BCUT2D eigenvalue weighted by atomic mass is 16.5. The summed E-state index contributed by atoms with van der Waals surface area (Å²) in [7, 11) is 1.58. The summed E-state index contributed by atoms with van der Waals surface area (Å²) in [6.07, 6.45) is 5.99. The van der Waals surface area contributed by atoms with Gasteiger partial charge in [-0.2, -0.15) is 0 Å². The van der Waals surface area contributed by atoms with Crippen LogP contribution in [0.15, 0.2) is 24.3 Å². The van der Waals surface area contributed by atoms with Crippen LogP contribution in [0, 0.1) is 0 Å². The number of ether oxygens (including phenoxy) is 3. The topological polar surface area (TPSA) is 65.0 Å². The molecule has 1 atom stereocenters. The Morgan fingerprint density at radius 3 is 2.95 bits per heavy atom. The minimum Gasteiger partial charge on any atom is -0.493 e. The molecule has 1 aliphatic rings. The van der Waals surface area contributed by atoms with Crippen LogP contribution in [0.1, 0.15) is 24.8 Å². The first-order valence-corrected chi connectivity index (χ1v) is 7.02. The Bertz CT molecular complexity index is 503. The summed E-state index contributed by atoms with van der Waals surface area (Å²) in [4.78, 5) is 10.6. The lowest BCUT2D eigenvalue weighted by Gasteiger charge is -2.23. The van der Waals surface area contributed by atoms with Crippen molar-refractivity contribution in [1.82, 2.24) is 0 Å². The van der Waals surface area contributed by atoms with Crippen molar-refractivity contribution in [3.05, 3.63) is 29.8 Å². The molecule has 0 saturated carbocycles. The number of hydrogen-bond acceptors (Lipinski definition) is 4. The van der Waals surface area contributed by atoms with E-state index >= 15 is 0 Å². The molecule has 0 amide bonds. The van der Waals surface area contributed by atoms with E-state index in [1.807, 2.05) is 0 Å². The Labute approximate surface area is 124 Å². The van der Waals surface area contributed by atoms with E-state index in [0.29, 0.717) is 18.1 Å². The minimum atomic E-state index is -0.983. The number of rotatable bonds is 6. The molecule has 1 aromatic rings. The number of aliphatic carboxylic acids is 1. The van der Waals surface area contributed by atoms with Gasteiger partial charge in [-0.3, -0.25) is 0 Å². The Morgan fingerprint density at radius 1 is 1.43 bits per heavy atom. The van der Waals surface area contributed by atoms with Crippen molar-refractivity contribution in [2.45, 2.75) is 25.4 Å². The average Bonchev–Trinajstić information content (AvgIpc) is 2.52. The van der Waals surface area contributed by atoms with E-state index in [0.717, 1.165) is 37.5 Å². The van der Waals surface area contributed by atoms with Gasteiger partial charge in [0.25, 0.3) is 0 Å². The predicted octanol–water partition coefficient (Wildman–Crippen LogP) is 2.74. The fourth-order valence-electron chi connectivity index (χ4n) is 2.20. The maximum absolute atomic E-state index is 10.6. The van der Waals surface area contributed by atoms with Gasteiger partial charge in [-0.1, -0.05) is 6.07 Å². The van der Waals surface area contributed by atoms with Crippen LogP contribution in [-0.4, -0.2) is 37.5 Å². The summed E-state index contributed by atoms with van der Waals surface area (Å²) in [5.74, 6) is 0.237. The monoisotopic (exact) mass is 292 g/mol. The molecule has 1 aliphatic heterocycles. The lowest BCUT2D eigenvalue weighted by atomic mass is 10.1. The van der Waals surface area contributed by atoms with Gasteiger partial charge in [0.15, 0.2) is 11.5 Å². The summed E-state index contributed by atoms with van der Waals surface area (Å²) in [5.41, 5.74) is 0.748. The first-order chi connectivity index (χ1) is 10.2. The van der Waals surface area contributed by atoms with Gasteiger partial charge in [-0.05, 0) is 43.0 Å². The minimum absolute atomic E-state index is 0.113. The summed E-state index contributed by atoms with van der Waals surface area (Å²) < 4.78 is 16.7. The van der Waals surface area contributed by atoms with Gasteiger partial charge in [0.2, 0.25) is 0 Å². The molecule has 0 aromatic heterocycles. The Hall–Kier alpha value is -2.01. The molecule has 1 unspecified atom stereocenters. The molecule has 1 aromatic carbocycles. The lowest BCUT2D eigenvalue weighted by molar-refractivity contribution is -0.131. The van der Waals surface area contributed by atoms with Gasteiger partial charge in [0.1, 0.15) is 6.61 Å². The van der Waals surface area contributed by atoms with Crippen LogP contribution in [0.2, 0.25) is 0 Å². The van der Waals surface area contributed by atoms with E-state index < -0.39 is 5.97 Å². The van der Waals surface area contributed by atoms with Gasteiger partial charge >= 0.3 is 5.97 Å². The third-order valence-corrected chi connectivity index (χ3v) is 3.30. The van der Waals surface area contributed by atoms with Crippen molar-refractivity contribution in [2.24, 2.45) is 0 Å². The van der Waals surface area contributed by atoms with Crippen LogP contribution in [0.5, 0.6) is 11.5 Å². The molecule has 21 heavy (non-hydrogen) atoms. The Kier molecular flexibility index (Phi) is 5.63. The molecule has 2 rings (SSSR count). The zero-order valence-corrected chi connectivity index (χ0v) is 12.1. The fourth-order valence-corrected chi connectivity index (χ4v) is 2.20. The average molecular weight is 292 g/mol. The van der Waals surface area contributed by atoms with Crippen LogP contribution < -0.4 is 9.47 Å². The Morgan fingerprint density at radius 2 is 2.29 bits per heavy atom. The quantitative estimate of drug-likeness (QED) is 0.817. The summed E-state index contributed by atoms with van der Waals surface area (Å²) in [5, 5.41) is 8.66. The number of carbonyl (C=O) groups is 1. The molecule has 114 valence electrons. The summed E-state index contributed by atoms with van der Waals surface area (Å²) in [6.45, 7) is 1.26. The molecule has 5 nitrogen and oxygen atoms in total. The number of carboxylic acid groups (broad SMARTS) is 1. The van der Waals surface area contributed by atoms with E-state index in [2.05, 4.69) is 0 Å². The van der Waals surface area contributed by atoms with E-state index in [9.17, 15) is 4.79 Å². The molecule has 0 aliphatic carbocycles. The summed E-state index contributed by atoms with van der Waals surface area (Å²) >= 11 is 0. The maximum atomic E-state index is 10.6. The maximum Gasteiger partial charge on any atom is 0.328 e. The number of benzene rings is 1. The smallest absolute Gasteiger partial charge is 0.328 e. The normalized spacial score (nSPS) is 18.6. The fraction of sp³-hybridized carbons (Fsp3) is 0.438. The first kappa shape index (κ1) is 15.4. The third kappa shape index (κ3) is 4.79. The second-order valence-electron chi connectivity index (χ2n) is 4.88. The Balaban J connectivity index is 2.04. The van der Waals surface area contributed by atoms with Crippen LogP contribution in [0.25, 0.3) is 6.08 Å². The first-order valence-electron chi connectivity index (χ1n) is 7.02. The van der Waals surface area contributed by atoms with Crippen molar-refractivity contribution in [3.8, 4) is 11.5 Å². The van der Waals surface area contributed by atoms with Crippen molar-refractivity contribution < 1.29 is 24.1 Å². The van der Waals surface area contributed by atoms with E-state index in [1.165, 1.54) is 6.08 Å². The van der Waals surface area contributed by atoms with E-state index in [-0.39, 0.29) is 6.10 Å². The van der Waals surface area contributed by atoms with Crippen molar-refractivity contribution >= 4 is 12.0 Å². The number of hydrogen-bond donors (Lipinski definition) is 1. The molecule has 0 spiro atoms. The van der Waals surface area contributed by atoms with E-state index in [1.54, 1.807) is 25.3 Å². The molecular formula is C16H20O5. The van der Waals surface area contributed by atoms with Crippen LogP contribution in [0.4, 0.5) is 0 Å². The van der Waals surface area contributed by atoms with Crippen molar-refractivity contribution in [2.75, 3.05) is 20.3 Å². The van der Waals surface area contributed by atoms with Gasteiger partial charge in [0.05, 0.1) is 13.2 Å². The van der Waals surface area contributed by atoms with E-state index in [4.69, 9.17) is 19.3 Å². The largest absolute Gasteiger partial charge is 0.493 e. The highest BCUT2D eigenvalue weighted by molar-refractivity contribution is 5.85.